The van der Waals surface area contributed by atoms with Crippen LogP contribution in [0.5, 0.6) is 0 Å². The van der Waals surface area contributed by atoms with Crippen LogP contribution in [0.25, 0.3) is 0 Å². The average molecular weight is 253 g/mol. The van der Waals surface area contributed by atoms with Gasteiger partial charge >= 0.3 is 5.97 Å². The molecule has 0 bridgehead atoms. The Balaban J connectivity index is 1.95. The van der Waals surface area contributed by atoms with Crippen molar-refractivity contribution < 1.29 is 23.8 Å². The second-order valence-electron chi connectivity index (χ2n) is 4.03. The van der Waals surface area contributed by atoms with Crippen molar-refractivity contribution in [3.8, 4) is 0 Å². The molecule has 2 rings (SSSR count). The Labute approximate surface area is 103 Å². The van der Waals surface area contributed by atoms with E-state index in [4.69, 9.17) is 9.84 Å². The van der Waals surface area contributed by atoms with E-state index in [1.165, 1.54) is 18.2 Å². The van der Waals surface area contributed by atoms with Gasteiger partial charge in [-0.3, -0.25) is 4.79 Å². The van der Waals surface area contributed by atoms with Crippen LogP contribution in [-0.2, 0) is 14.3 Å². The molecule has 0 radical (unpaired) electrons. The lowest BCUT2D eigenvalue weighted by atomic mass is 10.2. The van der Waals surface area contributed by atoms with E-state index in [9.17, 15) is 14.0 Å². The molecule has 1 aromatic carbocycles. The summed E-state index contributed by atoms with van der Waals surface area (Å²) in [5.41, 5.74) is 0.322. The third-order valence-corrected chi connectivity index (χ3v) is 2.68. The highest BCUT2D eigenvalue weighted by Crippen LogP contribution is 2.21. The molecule has 0 spiro atoms. The number of carbonyl (C=O) groups excluding carboxylic acids is 1. The number of carboxylic acid groups (broad SMARTS) is 1. The molecule has 1 fully saturated rings. The van der Waals surface area contributed by atoms with Gasteiger partial charge in [-0.2, -0.15) is 0 Å². The second kappa shape index (κ2) is 5.14. The fraction of sp³-hybridized carbons (Fsp3) is 0.333. The highest BCUT2D eigenvalue weighted by atomic mass is 19.1. The van der Waals surface area contributed by atoms with Gasteiger partial charge in [0.2, 0.25) is 0 Å². The standard InChI is InChI=1S/C12H12FNO4/c13-7-2-1-3-8(6-7)14-11(15)9-4-5-10(18-9)12(16)17/h1-3,6,9-10H,4-5H2,(H,14,15)(H,16,17)/t9-,10+/m0/s1. The zero-order valence-corrected chi connectivity index (χ0v) is 9.43. The zero-order valence-electron chi connectivity index (χ0n) is 9.43. The van der Waals surface area contributed by atoms with E-state index < -0.39 is 29.9 Å². The van der Waals surface area contributed by atoms with E-state index in [0.717, 1.165) is 0 Å². The number of carboxylic acids is 1. The normalized spacial score (nSPS) is 22.7. The summed E-state index contributed by atoms with van der Waals surface area (Å²) in [6.07, 6.45) is -1.09. The Bertz CT molecular complexity index is 477. The molecule has 1 amide bonds. The summed E-state index contributed by atoms with van der Waals surface area (Å²) in [4.78, 5) is 22.4. The molecule has 6 heteroatoms. The maximum atomic E-state index is 12.9. The Morgan fingerprint density at radius 3 is 2.67 bits per heavy atom. The first-order chi connectivity index (χ1) is 8.56. The summed E-state index contributed by atoms with van der Waals surface area (Å²) in [5, 5.41) is 11.2. The molecule has 1 saturated heterocycles. The molecule has 96 valence electrons. The molecular weight excluding hydrogens is 241 g/mol. The summed E-state index contributed by atoms with van der Waals surface area (Å²) in [5.74, 6) is -1.98. The van der Waals surface area contributed by atoms with Crippen molar-refractivity contribution >= 4 is 17.6 Å². The average Bonchev–Trinajstić information content (AvgIpc) is 2.78. The van der Waals surface area contributed by atoms with Crippen molar-refractivity contribution in [2.45, 2.75) is 25.0 Å². The first-order valence-corrected chi connectivity index (χ1v) is 5.51. The largest absolute Gasteiger partial charge is 0.479 e. The van der Waals surface area contributed by atoms with Crippen molar-refractivity contribution in [3.05, 3.63) is 30.1 Å². The number of anilines is 1. The number of carbonyl (C=O) groups is 2. The minimum Gasteiger partial charge on any atom is -0.479 e. The number of hydrogen-bond donors (Lipinski definition) is 2. The molecule has 0 unspecified atom stereocenters. The van der Waals surface area contributed by atoms with Gasteiger partial charge in [0, 0.05) is 5.69 Å². The van der Waals surface area contributed by atoms with E-state index in [1.807, 2.05) is 0 Å². The molecule has 1 heterocycles. The molecular formula is C12H12FNO4. The van der Waals surface area contributed by atoms with Crippen molar-refractivity contribution in [2.24, 2.45) is 0 Å². The summed E-state index contributed by atoms with van der Waals surface area (Å²) in [6.45, 7) is 0. The molecule has 5 nitrogen and oxygen atoms in total. The van der Waals surface area contributed by atoms with Gasteiger partial charge in [0.25, 0.3) is 5.91 Å². The number of halogens is 1. The quantitative estimate of drug-likeness (QED) is 0.853. The van der Waals surface area contributed by atoms with Crippen molar-refractivity contribution in [3.63, 3.8) is 0 Å². The van der Waals surface area contributed by atoms with Crippen LogP contribution in [0.4, 0.5) is 10.1 Å². The van der Waals surface area contributed by atoms with Crippen LogP contribution >= 0.6 is 0 Å². The fourth-order valence-electron chi connectivity index (χ4n) is 1.80. The highest BCUT2D eigenvalue weighted by molar-refractivity contribution is 5.94. The number of rotatable bonds is 3. The smallest absolute Gasteiger partial charge is 0.332 e. The predicted octanol–water partition coefficient (Wildman–Crippen LogP) is 1.40. The van der Waals surface area contributed by atoms with Gasteiger partial charge in [-0.05, 0) is 31.0 Å². The third kappa shape index (κ3) is 2.84. The van der Waals surface area contributed by atoms with E-state index in [0.29, 0.717) is 18.5 Å². The van der Waals surface area contributed by atoms with Crippen molar-refractivity contribution in [1.29, 1.82) is 0 Å². The predicted molar refractivity (Wildman–Crippen MR) is 60.6 cm³/mol. The van der Waals surface area contributed by atoms with Gasteiger partial charge < -0.3 is 15.2 Å². The van der Waals surface area contributed by atoms with Gasteiger partial charge in [-0.15, -0.1) is 0 Å². The van der Waals surface area contributed by atoms with Crippen LogP contribution in [0.2, 0.25) is 0 Å². The van der Waals surface area contributed by atoms with Gasteiger partial charge in [-0.25, -0.2) is 9.18 Å². The lowest BCUT2D eigenvalue weighted by Gasteiger charge is -2.11. The molecule has 1 aliphatic heterocycles. The number of aliphatic carboxylic acids is 1. The second-order valence-corrected chi connectivity index (χ2v) is 4.03. The van der Waals surface area contributed by atoms with Crippen LogP contribution in [-0.4, -0.2) is 29.2 Å². The highest BCUT2D eigenvalue weighted by Gasteiger charge is 2.34. The number of ether oxygens (including phenoxy) is 1. The van der Waals surface area contributed by atoms with Crippen LogP contribution in [0.15, 0.2) is 24.3 Å². The minimum absolute atomic E-state index is 0.302. The van der Waals surface area contributed by atoms with Gasteiger partial charge in [0.1, 0.15) is 11.9 Å². The Hall–Kier alpha value is -1.95. The summed E-state index contributed by atoms with van der Waals surface area (Å²) in [6, 6.07) is 5.47. The van der Waals surface area contributed by atoms with Gasteiger partial charge in [0.15, 0.2) is 6.10 Å². The summed E-state index contributed by atoms with van der Waals surface area (Å²) < 4.78 is 18.0. The maximum Gasteiger partial charge on any atom is 0.332 e. The van der Waals surface area contributed by atoms with E-state index in [1.54, 1.807) is 6.07 Å². The molecule has 2 atom stereocenters. The minimum atomic E-state index is -1.07. The summed E-state index contributed by atoms with van der Waals surface area (Å²) >= 11 is 0. The molecule has 0 aromatic heterocycles. The molecule has 2 N–H and O–H groups in total. The zero-order chi connectivity index (χ0) is 13.1. The number of amides is 1. The molecule has 0 saturated carbocycles. The Morgan fingerprint density at radius 1 is 1.33 bits per heavy atom. The number of benzene rings is 1. The van der Waals surface area contributed by atoms with Crippen LogP contribution in [0.3, 0.4) is 0 Å². The maximum absolute atomic E-state index is 12.9. The van der Waals surface area contributed by atoms with Crippen LogP contribution in [0.1, 0.15) is 12.8 Å². The Kier molecular flexibility index (Phi) is 3.57. The first-order valence-electron chi connectivity index (χ1n) is 5.51. The van der Waals surface area contributed by atoms with Gasteiger partial charge in [0.05, 0.1) is 0 Å². The van der Waals surface area contributed by atoms with Crippen LogP contribution < -0.4 is 5.32 Å². The van der Waals surface area contributed by atoms with E-state index in [2.05, 4.69) is 5.32 Å². The molecule has 18 heavy (non-hydrogen) atoms. The number of hydrogen-bond acceptors (Lipinski definition) is 3. The lowest BCUT2D eigenvalue weighted by molar-refractivity contribution is -0.150. The van der Waals surface area contributed by atoms with Crippen molar-refractivity contribution in [2.75, 3.05) is 5.32 Å². The first kappa shape index (κ1) is 12.5. The molecule has 0 aliphatic carbocycles. The monoisotopic (exact) mass is 253 g/mol. The van der Waals surface area contributed by atoms with Gasteiger partial charge in [-0.1, -0.05) is 6.07 Å². The lowest BCUT2D eigenvalue weighted by Crippen LogP contribution is -2.29. The fourth-order valence-corrected chi connectivity index (χ4v) is 1.80. The van der Waals surface area contributed by atoms with Crippen molar-refractivity contribution in [1.82, 2.24) is 0 Å². The topological polar surface area (TPSA) is 75.6 Å². The third-order valence-electron chi connectivity index (χ3n) is 2.68. The molecule has 1 aliphatic rings. The summed E-state index contributed by atoms with van der Waals surface area (Å²) in [7, 11) is 0. The number of nitrogens with one attached hydrogen (secondary N) is 1. The Morgan fingerprint density at radius 2 is 2.06 bits per heavy atom. The van der Waals surface area contributed by atoms with Crippen LogP contribution in [0, 0.1) is 5.82 Å². The van der Waals surface area contributed by atoms with E-state index >= 15 is 0 Å². The van der Waals surface area contributed by atoms with E-state index in [-0.39, 0.29) is 0 Å². The molecule has 1 aromatic rings. The SMILES string of the molecule is O=C(Nc1cccc(F)c1)[C@@H]1CC[C@H](C(=O)O)O1.